The average molecular weight is 775 g/mol. The summed E-state index contributed by atoms with van der Waals surface area (Å²) in [6, 6.07) is 65.3. The van der Waals surface area contributed by atoms with Crippen LogP contribution in [0.3, 0.4) is 0 Å². The molecule has 60 heavy (non-hydrogen) atoms. The Morgan fingerprint density at radius 3 is 1.48 bits per heavy atom. The van der Waals surface area contributed by atoms with Crippen molar-refractivity contribution in [3.63, 3.8) is 0 Å². The number of rotatable bonds is 5. The molecular weight excluding hydrogens is 729 g/mol. The minimum Gasteiger partial charge on any atom is -0.335 e. The SMILES string of the molecule is CC(C)(C)n1c2ccccc2c2c3c4ccc(CC(C)(C)n5c6ccccc6c6cc7c8ccccc8n(-c8ccccc8)c7cc65)cc4n(-c4ccccc4)c3ccc21. The zero-order valence-corrected chi connectivity index (χ0v) is 34.7. The van der Waals surface area contributed by atoms with Gasteiger partial charge in [-0.2, -0.15) is 0 Å². The number of benzene rings is 8. The van der Waals surface area contributed by atoms with E-state index >= 15 is 0 Å². The molecule has 0 amide bonds. The van der Waals surface area contributed by atoms with Crippen molar-refractivity contribution in [1.29, 1.82) is 0 Å². The second-order valence-corrected chi connectivity index (χ2v) is 18.3. The third-order valence-corrected chi connectivity index (χ3v) is 13.0. The summed E-state index contributed by atoms with van der Waals surface area (Å²) in [6.45, 7) is 11.8. The third-order valence-electron chi connectivity index (χ3n) is 13.0. The molecule has 0 unspecified atom stereocenters. The van der Waals surface area contributed by atoms with Crippen LogP contribution >= 0.6 is 0 Å². The van der Waals surface area contributed by atoms with Gasteiger partial charge in [-0.25, -0.2) is 0 Å². The average Bonchev–Trinajstić information content (AvgIpc) is 3.98. The van der Waals surface area contributed by atoms with E-state index in [1.54, 1.807) is 0 Å². The van der Waals surface area contributed by atoms with Crippen LogP contribution in [-0.2, 0) is 17.5 Å². The molecule has 0 radical (unpaired) electrons. The van der Waals surface area contributed by atoms with Gasteiger partial charge in [0.25, 0.3) is 0 Å². The van der Waals surface area contributed by atoms with Gasteiger partial charge in [0.05, 0.1) is 33.1 Å². The van der Waals surface area contributed by atoms with Gasteiger partial charge in [-0.05, 0) is 119 Å². The van der Waals surface area contributed by atoms with Crippen LogP contribution in [-0.4, -0.2) is 18.3 Å². The number of hydrogen-bond acceptors (Lipinski definition) is 0. The van der Waals surface area contributed by atoms with E-state index in [4.69, 9.17) is 0 Å². The van der Waals surface area contributed by atoms with Gasteiger partial charge in [-0.3, -0.25) is 0 Å². The highest BCUT2D eigenvalue weighted by atomic mass is 15.1. The molecule has 0 bridgehead atoms. The number of para-hydroxylation sites is 5. The highest BCUT2D eigenvalue weighted by Crippen LogP contribution is 2.45. The lowest BCUT2D eigenvalue weighted by Gasteiger charge is -2.30. The van der Waals surface area contributed by atoms with Crippen LogP contribution in [0.5, 0.6) is 0 Å². The zero-order chi connectivity index (χ0) is 40.5. The number of hydrogen-bond donors (Lipinski definition) is 0. The summed E-state index contributed by atoms with van der Waals surface area (Å²) >= 11 is 0. The van der Waals surface area contributed by atoms with Gasteiger partial charge < -0.3 is 18.3 Å². The topological polar surface area (TPSA) is 19.7 Å². The van der Waals surface area contributed by atoms with Gasteiger partial charge in [-0.15, -0.1) is 0 Å². The molecule has 12 rings (SSSR count). The Morgan fingerprint density at radius 2 is 0.817 bits per heavy atom. The van der Waals surface area contributed by atoms with Crippen molar-refractivity contribution in [1.82, 2.24) is 18.3 Å². The highest BCUT2D eigenvalue weighted by Gasteiger charge is 2.29. The number of nitrogens with zero attached hydrogens (tertiary/aromatic N) is 4. The summed E-state index contributed by atoms with van der Waals surface area (Å²) in [5.41, 5.74) is 13.3. The van der Waals surface area contributed by atoms with E-state index < -0.39 is 0 Å². The molecular formula is C56H46N4. The summed E-state index contributed by atoms with van der Waals surface area (Å²) in [5, 5.41) is 10.4. The first-order valence-electron chi connectivity index (χ1n) is 21.2. The first-order chi connectivity index (χ1) is 29.2. The van der Waals surface area contributed by atoms with Gasteiger partial charge in [0, 0.05) is 76.6 Å². The molecule has 0 aliphatic heterocycles. The summed E-state index contributed by atoms with van der Waals surface area (Å²) in [7, 11) is 0. The van der Waals surface area contributed by atoms with Crippen molar-refractivity contribution < 1.29 is 0 Å². The smallest absolute Gasteiger partial charge is 0.0562 e. The maximum Gasteiger partial charge on any atom is 0.0562 e. The molecule has 290 valence electrons. The normalized spacial score (nSPS) is 12.8. The molecule has 0 fully saturated rings. The van der Waals surface area contributed by atoms with E-state index in [1.807, 2.05) is 0 Å². The molecule has 4 nitrogen and oxygen atoms in total. The van der Waals surface area contributed by atoms with Crippen molar-refractivity contribution in [2.75, 3.05) is 0 Å². The molecule has 4 aromatic heterocycles. The fourth-order valence-corrected chi connectivity index (χ4v) is 10.8. The third kappa shape index (κ3) is 4.91. The molecule has 4 heterocycles. The Morgan fingerprint density at radius 1 is 0.333 bits per heavy atom. The minimum atomic E-state index is -0.275. The van der Waals surface area contributed by atoms with E-state index in [2.05, 4.69) is 229 Å². The molecule has 0 atom stereocenters. The standard InChI is InChI=1S/C56H46N4/c1-55(2,3)59-47-27-17-14-24-41(47)54-49(59)31-30-48-53(54)42-29-28-36(32-50(42)58(48)38-20-10-7-11-21-38)35-56(4,5)60-46-26-16-13-23-40(46)44-33-43-39-22-12-15-25-45(39)57(51(43)34-52(44)60)37-18-8-6-9-19-37/h6-34H,35H2,1-5H3. The van der Waals surface area contributed by atoms with Crippen LogP contribution < -0.4 is 0 Å². The van der Waals surface area contributed by atoms with Crippen LogP contribution in [0.2, 0.25) is 0 Å². The van der Waals surface area contributed by atoms with Gasteiger partial charge >= 0.3 is 0 Å². The fraction of sp³-hybridized carbons (Fsp3) is 0.143. The van der Waals surface area contributed by atoms with Crippen LogP contribution in [0.25, 0.3) is 98.6 Å². The van der Waals surface area contributed by atoms with Gasteiger partial charge in [-0.1, -0.05) is 103 Å². The van der Waals surface area contributed by atoms with Crippen LogP contribution in [0.15, 0.2) is 176 Å². The number of aromatic nitrogens is 4. The summed E-state index contributed by atoms with van der Waals surface area (Å²) in [4.78, 5) is 0. The highest BCUT2D eigenvalue weighted by molar-refractivity contribution is 6.28. The van der Waals surface area contributed by atoms with E-state index in [-0.39, 0.29) is 11.1 Å². The molecule has 12 aromatic rings. The maximum atomic E-state index is 2.62. The summed E-state index contributed by atoms with van der Waals surface area (Å²) in [5.74, 6) is 0. The minimum absolute atomic E-state index is 0.0811. The Hall–Kier alpha value is -7.04. The lowest BCUT2D eigenvalue weighted by atomic mass is 9.93. The van der Waals surface area contributed by atoms with Gasteiger partial charge in [0.1, 0.15) is 0 Å². The largest absolute Gasteiger partial charge is 0.335 e. The Labute approximate surface area is 349 Å². The van der Waals surface area contributed by atoms with Gasteiger partial charge in [0.15, 0.2) is 0 Å². The van der Waals surface area contributed by atoms with E-state index in [1.165, 1.54) is 104 Å². The van der Waals surface area contributed by atoms with E-state index in [9.17, 15) is 0 Å². The number of fused-ring (bicyclic) bond motifs is 13. The van der Waals surface area contributed by atoms with Crippen LogP contribution in [0.1, 0.15) is 40.2 Å². The quantitative estimate of drug-likeness (QED) is 0.166. The van der Waals surface area contributed by atoms with Crippen LogP contribution in [0.4, 0.5) is 0 Å². The predicted molar refractivity (Wildman–Crippen MR) is 256 cm³/mol. The molecule has 8 aromatic carbocycles. The lowest BCUT2D eigenvalue weighted by molar-refractivity contribution is 0.375. The fourth-order valence-electron chi connectivity index (χ4n) is 10.8. The zero-order valence-electron chi connectivity index (χ0n) is 34.7. The Bertz CT molecular complexity index is 3680. The van der Waals surface area contributed by atoms with Crippen molar-refractivity contribution in [2.45, 2.75) is 52.1 Å². The maximum absolute atomic E-state index is 2.62. The molecule has 0 spiro atoms. The summed E-state index contributed by atoms with van der Waals surface area (Å²) < 4.78 is 10.1. The Balaban J connectivity index is 1.09. The van der Waals surface area contributed by atoms with E-state index in [0.29, 0.717) is 0 Å². The second kappa shape index (κ2) is 12.5. The summed E-state index contributed by atoms with van der Waals surface area (Å²) in [6.07, 6.45) is 0.853. The molecule has 0 aliphatic carbocycles. The van der Waals surface area contributed by atoms with Crippen molar-refractivity contribution in [2.24, 2.45) is 0 Å². The van der Waals surface area contributed by atoms with Crippen molar-refractivity contribution >= 4 is 87.2 Å². The molecule has 0 aliphatic rings. The molecule has 0 N–H and O–H groups in total. The molecule has 4 heteroatoms. The van der Waals surface area contributed by atoms with E-state index in [0.717, 1.165) is 6.42 Å². The first kappa shape index (κ1) is 35.0. The predicted octanol–water partition coefficient (Wildman–Crippen LogP) is 14.8. The van der Waals surface area contributed by atoms with Crippen LogP contribution in [0, 0.1) is 0 Å². The first-order valence-corrected chi connectivity index (χ1v) is 21.2. The Kier molecular flexibility index (Phi) is 7.27. The second-order valence-electron chi connectivity index (χ2n) is 18.3. The molecule has 0 saturated heterocycles. The monoisotopic (exact) mass is 774 g/mol. The van der Waals surface area contributed by atoms with Gasteiger partial charge in [0.2, 0.25) is 0 Å². The lowest BCUT2D eigenvalue weighted by Crippen LogP contribution is -2.28. The molecule has 0 saturated carbocycles. The van der Waals surface area contributed by atoms with Crippen molar-refractivity contribution in [3.8, 4) is 11.4 Å². The van der Waals surface area contributed by atoms with Crippen molar-refractivity contribution in [3.05, 3.63) is 181 Å².